The van der Waals surface area contributed by atoms with E-state index in [0.717, 1.165) is 5.56 Å². The molecule has 1 aromatic rings. The second kappa shape index (κ2) is 7.29. The Bertz CT molecular complexity index is 584. The van der Waals surface area contributed by atoms with Gasteiger partial charge < -0.3 is 20.1 Å². The maximum Gasteiger partial charge on any atom is 0.414 e. The average Bonchev–Trinajstić information content (AvgIpc) is 2.55. The fraction of sp³-hybridized carbons (Fsp3) is 0.562. The largest absolute Gasteiger partial charge is 0.497 e. The van der Waals surface area contributed by atoms with Crippen LogP contribution in [0, 0.1) is 12.8 Å². The molecule has 1 fully saturated rings. The number of aliphatic hydroxyl groups excluding tert-OH is 1. The molecule has 0 radical (unpaired) electrons. The van der Waals surface area contributed by atoms with Crippen molar-refractivity contribution in [2.45, 2.75) is 32.0 Å². The van der Waals surface area contributed by atoms with Crippen LogP contribution in [0.1, 0.15) is 18.4 Å². The van der Waals surface area contributed by atoms with E-state index in [0.29, 0.717) is 11.4 Å². The first-order valence-electron chi connectivity index (χ1n) is 7.67. The van der Waals surface area contributed by atoms with Crippen molar-refractivity contribution in [2.24, 2.45) is 5.92 Å². The number of carbonyl (C=O) groups is 1. The second-order valence-electron chi connectivity index (χ2n) is 5.92. The Morgan fingerprint density at radius 2 is 2.00 bits per heavy atom. The Labute approximate surface area is 138 Å². The number of likely N-dealkylation sites (tertiary alicyclic amines) is 1. The van der Waals surface area contributed by atoms with E-state index in [1.807, 2.05) is 6.92 Å². The number of urea groups is 1. The molecule has 24 heavy (non-hydrogen) atoms. The van der Waals surface area contributed by atoms with Gasteiger partial charge in [-0.25, -0.2) is 4.79 Å². The fourth-order valence-corrected chi connectivity index (χ4v) is 2.74. The molecular weight excluding hydrogens is 325 g/mol. The van der Waals surface area contributed by atoms with Crippen molar-refractivity contribution in [3.63, 3.8) is 0 Å². The predicted octanol–water partition coefficient (Wildman–Crippen LogP) is 3.17. The molecule has 5 nitrogen and oxygen atoms in total. The van der Waals surface area contributed by atoms with Crippen molar-refractivity contribution in [3.05, 3.63) is 23.8 Å². The Morgan fingerprint density at radius 1 is 1.38 bits per heavy atom. The standard InChI is InChI=1S/C16H21F3N2O3/c1-10-3-4-12(24-2)9-13(10)20-15(23)21-7-5-11(6-8-21)14(22)16(17,18)19/h3-4,9,11,14,22H,5-8H2,1-2H3,(H,20,23)/t14-/m0/s1. The number of ether oxygens (including phenoxy) is 1. The molecule has 1 saturated heterocycles. The summed E-state index contributed by atoms with van der Waals surface area (Å²) in [5.41, 5.74) is 1.45. The zero-order chi connectivity index (χ0) is 17.9. The summed E-state index contributed by atoms with van der Waals surface area (Å²) >= 11 is 0. The first-order valence-corrected chi connectivity index (χ1v) is 7.67. The minimum atomic E-state index is -4.62. The molecule has 2 rings (SSSR count). The van der Waals surface area contributed by atoms with Crippen LogP contribution in [0.5, 0.6) is 5.75 Å². The van der Waals surface area contributed by atoms with Gasteiger partial charge in [-0.2, -0.15) is 13.2 Å². The topological polar surface area (TPSA) is 61.8 Å². The van der Waals surface area contributed by atoms with Gasteiger partial charge in [-0.3, -0.25) is 0 Å². The number of piperidine rings is 1. The monoisotopic (exact) mass is 346 g/mol. The number of rotatable bonds is 3. The smallest absolute Gasteiger partial charge is 0.414 e. The fourth-order valence-electron chi connectivity index (χ4n) is 2.74. The van der Waals surface area contributed by atoms with E-state index in [9.17, 15) is 23.1 Å². The minimum absolute atomic E-state index is 0.116. The van der Waals surface area contributed by atoms with Crippen molar-refractivity contribution >= 4 is 11.7 Å². The molecule has 1 aliphatic rings. The molecule has 0 aromatic heterocycles. The number of benzene rings is 1. The van der Waals surface area contributed by atoms with Gasteiger partial charge >= 0.3 is 12.2 Å². The van der Waals surface area contributed by atoms with Gasteiger partial charge in [0.25, 0.3) is 0 Å². The zero-order valence-electron chi connectivity index (χ0n) is 13.6. The van der Waals surface area contributed by atoms with Gasteiger partial charge in [-0.15, -0.1) is 0 Å². The van der Waals surface area contributed by atoms with Crippen LogP contribution in [-0.4, -0.2) is 48.5 Å². The number of carbonyl (C=O) groups excluding carboxylic acids is 1. The molecule has 0 saturated carbocycles. The van der Waals surface area contributed by atoms with Gasteiger partial charge in [-0.1, -0.05) is 6.07 Å². The highest BCUT2D eigenvalue weighted by Crippen LogP contribution is 2.32. The molecule has 1 aromatic carbocycles. The maximum absolute atomic E-state index is 12.5. The summed E-state index contributed by atoms with van der Waals surface area (Å²) < 4.78 is 42.7. The lowest BCUT2D eigenvalue weighted by molar-refractivity contribution is -0.222. The number of hydrogen-bond donors (Lipinski definition) is 2. The number of halogens is 3. The van der Waals surface area contributed by atoms with Crippen molar-refractivity contribution < 1.29 is 27.8 Å². The highest BCUT2D eigenvalue weighted by atomic mass is 19.4. The van der Waals surface area contributed by atoms with Gasteiger partial charge in [0.05, 0.1) is 7.11 Å². The molecule has 2 N–H and O–H groups in total. The van der Waals surface area contributed by atoms with Crippen molar-refractivity contribution in [1.82, 2.24) is 4.90 Å². The van der Waals surface area contributed by atoms with Gasteiger partial charge in [0.1, 0.15) is 5.75 Å². The number of methoxy groups -OCH3 is 1. The second-order valence-corrected chi connectivity index (χ2v) is 5.92. The summed E-state index contributed by atoms with van der Waals surface area (Å²) in [7, 11) is 1.52. The summed E-state index contributed by atoms with van der Waals surface area (Å²) in [6.07, 6.45) is -6.72. The van der Waals surface area contributed by atoms with E-state index >= 15 is 0 Å². The van der Waals surface area contributed by atoms with E-state index in [1.165, 1.54) is 12.0 Å². The third-order valence-electron chi connectivity index (χ3n) is 4.30. The first-order chi connectivity index (χ1) is 11.2. The van der Waals surface area contributed by atoms with Crippen LogP contribution in [0.3, 0.4) is 0 Å². The van der Waals surface area contributed by atoms with Crippen LogP contribution in [0.25, 0.3) is 0 Å². The van der Waals surface area contributed by atoms with Gasteiger partial charge in [0, 0.05) is 24.8 Å². The van der Waals surface area contributed by atoms with Gasteiger partial charge in [0.15, 0.2) is 6.10 Å². The van der Waals surface area contributed by atoms with Crippen molar-refractivity contribution in [3.8, 4) is 5.75 Å². The predicted molar refractivity (Wildman–Crippen MR) is 83.1 cm³/mol. The number of aryl methyl sites for hydroxylation is 1. The van der Waals surface area contributed by atoms with Crippen molar-refractivity contribution in [1.29, 1.82) is 0 Å². The number of anilines is 1. The summed E-state index contributed by atoms with van der Waals surface area (Å²) in [5, 5.41) is 12.1. The Balaban J connectivity index is 1.94. The molecule has 0 spiro atoms. The third kappa shape index (κ3) is 4.31. The lowest BCUT2D eigenvalue weighted by atomic mass is 9.91. The lowest BCUT2D eigenvalue weighted by Crippen LogP contribution is -2.46. The first kappa shape index (κ1) is 18.4. The molecule has 0 aliphatic carbocycles. The minimum Gasteiger partial charge on any atom is -0.497 e. The number of hydrogen-bond acceptors (Lipinski definition) is 3. The number of nitrogens with zero attached hydrogens (tertiary/aromatic N) is 1. The van der Waals surface area contributed by atoms with E-state index in [4.69, 9.17) is 4.74 Å². The van der Waals surface area contributed by atoms with Crippen LogP contribution >= 0.6 is 0 Å². The third-order valence-corrected chi connectivity index (χ3v) is 4.30. The van der Waals surface area contributed by atoms with Gasteiger partial charge in [0.2, 0.25) is 0 Å². The van der Waals surface area contributed by atoms with Gasteiger partial charge in [-0.05, 0) is 37.3 Å². The number of amides is 2. The number of aliphatic hydroxyl groups is 1. The normalized spacial score (nSPS) is 17.5. The maximum atomic E-state index is 12.5. The van der Waals surface area contributed by atoms with Crippen molar-refractivity contribution in [2.75, 3.05) is 25.5 Å². The van der Waals surface area contributed by atoms with Crippen LogP contribution in [0.2, 0.25) is 0 Å². The SMILES string of the molecule is COc1ccc(C)c(NC(=O)N2CCC([C@H](O)C(F)(F)F)CC2)c1. The highest BCUT2D eigenvalue weighted by molar-refractivity contribution is 5.90. The Morgan fingerprint density at radius 3 is 2.54 bits per heavy atom. The van der Waals surface area contributed by atoms with E-state index in [-0.39, 0.29) is 32.0 Å². The molecule has 8 heteroatoms. The Kier molecular flexibility index (Phi) is 5.58. The van der Waals surface area contributed by atoms with Crippen LogP contribution in [0.4, 0.5) is 23.7 Å². The molecule has 2 amide bonds. The quantitative estimate of drug-likeness (QED) is 0.884. The molecule has 0 bridgehead atoms. The van der Waals surface area contributed by atoms with Crippen LogP contribution < -0.4 is 10.1 Å². The molecule has 1 atom stereocenters. The number of nitrogens with one attached hydrogen (secondary N) is 1. The zero-order valence-corrected chi connectivity index (χ0v) is 13.6. The summed E-state index contributed by atoms with van der Waals surface area (Å²) in [4.78, 5) is 13.7. The average molecular weight is 346 g/mol. The van der Waals surface area contributed by atoms with Crippen LogP contribution in [0.15, 0.2) is 18.2 Å². The number of alkyl halides is 3. The molecular formula is C16H21F3N2O3. The van der Waals surface area contributed by atoms with E-state index in [2.05, 4.69) is 5.32 Å². The summed E-state index contributed by atoms with van der Waals surface area (Å²) in [5.74, 6) is -0.268. The molecule has 1 aliphatic heterocycles. The molecule has 0 unspecified atom stereocenters. The van der Waals surface area contributed by atoms with E-state index < -0.39 is 18.2 Å². The molecule has 1 heterocycles. The van der Waals surface area contributed by atoms with E-state index in [1.54, 1.807) is 18.2 Å². The lowest BCUT2D eigenvalue weighted by Gasteiger charge is -2.34. The summed E-state index contributed by atoms with van der Waals surface area (Å²) in [6, 6.07) is 4.90. The highest BCUT2D eigenvalue weighted by Gasteiger charge is 2.44. The molecule has 134 valence electrons. The Hall–Kier alpha value is -1.96. The summed E-state index contributed by atoms with van der Waals surface area (Å²) in [6.45, 7) is 2.18. The van der Waals surface area contributed by atoms with Crippen LogP contribution in [-0.2, 0) is 0 Å².